The molecule has 1 amide bonds. The van der Waals surface area contributed by atoms with Crippen LogP contribution in [0.2, 0.25) is 0 Å². The van der Waals surface area contributed by atoms with Gasteiger partial charge in [-0.25, -0.2) is 13.6 Å². The topological polar surface area (TPSA) is 80.5 Å². The third-order valence-corrected chi connectivity index (χ3v) is 4.98. The first-order valence-electron chi connectivity index (χ1n) is 5.40. The van der Waals surface area contributed by atoms with E-state index in [0.717, 1.165) is 10.0 Å². The van der Waals surface area contributed by atoms with Gasteiger partial charge in [0, 0.05) is 24.0 Å². The van der Waals surface area contributed by atoms with Gasteiger partial charge in [0.05, 0.1) is 0 Å². The number of halogens is 1. The zero-order valence-electron chi connectivity index (χ0n) is 9.54. The standard InChI is InChI=1S/C11H13BrN2O3S/c12-10-4-2-1-3-8(10)6-14-7-9(5-11(14)15)18(13,16)17/h1-4,9H,5-7H2,(H2,13,16,17). The Hall–Kier alpha value is -0.920. The van der Waals surface area contributed by atoms with E-state index >= 15 is 0 Å². The second-order valence-corrected chi connectivity index (χ2v) is 6.98. The molecule has 0 spiro atoms. The highest BCUT2D eigenvalue weighted by molar-refractivity contribution is 9.10. The van der Waals surface area contributed by atoms with Gasteiger partial charge >= 0.3 is 0 Å². The number of nitrogens with two attached hydrogens (primary N) is 1. The van der Waals surface area contributed by atoms with Gasteiger partial charge in [0.1, 0.15) is 5.25 Å². The van der Waals surface area contributed by atoms with Crippen molar-refractivity contribution < 1.29 is 13.2 Å². The number of likely N-dealkylation sites (tertiary alicyclic amines) is 1. The van der Waals surface area contributed by atoms with Gasteiger partial charge in [0.15, 0.2) is 0 Å². The van der Waals surface area contributed by atoms with Crippen LogP contribution in [-0.2, 0) is 21.4 Å². The van der Waals surface area contributed by atoms with Crippen LogP contribution < -0.4 is 5.14 Å². The van der Waals surface area contributed by atoms with Gasteiger partial charge in [0.2, 0.25) is 15.9 Å². The van der Waals surface area contributed by atoms with E-state index in [1.165, 1.54) is 4.90 Å². The van der Waals surface area contributed by atoms with Gasteiger partial charge in [-0.15, -0.1) is 0 Å². The molecule has 0 saturated carbocycles. The molecule has 0 bridgehead atoms. The summed E-state index contributed by atoms with van der Waals surface area (Å²) >= 11 is 3.40. The normalized spacial score (nSPS) is 20.4. The van der Waals surface area contributed by atoms with Crippen LogP contribution in [0.1, 0.15) is 12.0 Å². The average Bonchev–Trinajstić information content (AvgIpc) is 2.63. The van der Waals surface area contributed by atoms with Gasteiger partial charge in [-0.1, -0.05) is 34.1 Å². The second-order valence-electron chi connectivity index (χ2n) is 4.28. The Kier molecular flexibility index (Phi) is 3.74. The van der Waals surface area contributed by atoms with E-state index in [2.05, 4.69) is 15.9 Å². The lowest BCUT2D eigenvalue weighted by Crippen LogP contribution is -2.31. The summed E-state index contributed by atoms with van der Waals surface area (Å²) in [5, 5.41) is 4.29. The zero-order valence-corrected chi connectivity index (χ0v) is 11.9. The molecule has 1 atom stereocenters. The molecule has 2 rings (SSSR count). The fourth-order valence-corrected chi connectivity index (χ4v) is 3.11. The van der Waals surface area contributed by atoms with Crippen LogP contribution in [0.15, 0.2) is 28.7 Å². The summed E-state index contributed by atoms with van der Waals surface area (Å²) in [5.74, 6) is -0.176. The van der Waals surface area contributed by atoms with Crippen LogP contribution in [0, 0.1) is 0 Å². The van der Waals surface area contributed by atoms with Crippen LogP contribution in [0.3, 0.4) is 0 Å². The predicted octanol–water partition coefficient (Wildman–Crippen LogP) is 0.839. The predicted molar refractivity (Wildman–Crippen MR) is 71.1 cm³/mol. The maximum Gasteiger partial charge on any atom is 0.224 e. The summed E-state index contributed by atoms with van der Waals surface area (Å²) in [7, 11) is -3.65. The summed E-state index contributed by atoms with van der Waals surface area (Å²) in [6, 6.07) is 7.53. The molecule has 0 aromatic heterocycles. The van der Waals surface area contributed by atoms with Crippen molar-refractivity contribution in [1.82, 2.24) is 4.90 Å². The molecule has 2 N–H and O–H groups in total. The first-order chi connectivity index (χ1) is 8.38. The van der Waals surface area contributed by atoms with E-state index in [4.69, 9.17) is 5.14 Å². The molecular formula is C11H13BrN2O3S. The number of hydrogen-bond donors (Lipinski definition) is 1. The molecule has 1 saturated heterocycles. The van der Waals surface area contributed by atoms with Crippen molar-refractivity contribution in [3.8, 4) is 0 Å². The summed E-state index contributed by atoms with van der Waals surface area (Å²) < 4.78 is 23.4. The lowest BCUT2D eigenvalue weighted by molar-refractivity contribution is -0.128. The highest BCUT2D eigenvalue weighted by atomic mass is 79.9. The number of hydrogen-bond acceptors (Lipinski definition) is 3. The van der Waals surface area contributed by atoms with Crippen molar-refractivity contribution in [3.63, 3.8) is 0 Å². The van der Waals surface area contributed by atoms with Gasteiger partial charge in [-0.05, 0) is 11.6 Å². The molecular weight excluding hydrogens is 320 g/mol. The summed E-state index contributed by atoms with van der Waals surface area (Å²) in [4.78, 5) is 13.3. The molecule has 1 unspecified atom stereocenters. The largest absolute Gasteiger partial charge is 0.337 e. The van der Waals surface area contributed by atoms with Gasteiger partial charge in [-0.2, -0.15) is 0 Å². The number of benzene rings is 1. The van der Waals surface area contributed by atoms with Gasteiger partial charge in [-0.3, -0.25) is 4.79 Å². The quantitative estimate of drug-likeness (QED) is 0.890. The number of carbonyl (C=O) groups is 1. The minimum atomic E-state index is -3.65. The highest BCUT2D eigenvalue weighted by Gasteiger charge is 2.36. The summed E-state index contributed by atoms with van der Waals surface area (Å²) in [6.45, 7) is 0.561. The second kappa shape index (κ2) is 4.99. The third-order valence-electron chi connectivity index (χ3n) is 2.96. The van der Waals surface area contributed by atoms with E-state index in [9.17, 15) is 13.2 Å². The fraction of sp³-hybridized carbons (Fsp3) is 0.364. The number of rotatable bonds is 3. The van der Waals surface area contributed by atoms with Crippen molar-refractivity contribution in [2.24, 2.45) is 5.14 Å². The van der Waals surface area contributed by atoms with Crippen molar-refractivity contribution in [2.45, 2.75) is 18.2 Å². The fourth-order valence-electron chi connectivity index (χ4n) is 1.94. The maximum atomic E-state index is 11.7. The van der Waals surface area contributed by atoms with E-state index in [-0.39, 0.29) is 18.9 Å². The van der Waals surface area contributed by atoms with Crippen molar-refractivity contribution in [2.75, 3.05) is 6.54 Å². The van der Waals surface area contributed by atoms with Crippen molar-refractivity contribution in [1.29, 1.82) is 0 Å². The van der Waals surface area contributed by atoms with Crippen molar-refractivity contribution in [3.05, 3.63) is 34.3 Å². The van der Waals surface area contributed by atoms with E-state index in [1.807, 2.05) is 24.3 Å². The van der Waals surface area contributed by atoms with Crippen molar-refractivity contribution >= 4 is 31.9 Å². The monoisotopic (exact) mass is 332 g/mol. The summed E-state index contributed by atoms with van der Waals surface area (Å²) in [5.41, 5.74) is 0.945. The van der Waals surface area contributed by atoms with Crippen LogP contribution >= 0.6 is 15.9 Å². The highest BCUT2D eigenvalue weighted by Crippen LogP contribution is 2.22. The Balaban J connectivity index is 2.13. The molecule has 0 radical (unpaired) electrons. The molecule has 5 nitrogen and oxygen atoms in total. The van der Waals surface area contributed by atoms with E-state index in [1.54, 1.807) is 0 Å². The van der Waals surface area contributed by atoms with E-state index in [0.29, 0.717) is 6.54 Å². The van der Waals surface area contributed by atoms with Crippen LogP contribution in [0.4, 0.5) is 0 Å². The number of nitrogens with zero attached hydrogens (tertiary/aromatic N) is 1. The molecule has 1 aromatic rings. The third kappa shape index (κ3) is 2.90. The minimum absolute atomic E-state index is 0.0245. The lowest BCUT2D eigenvalue weighted by atomic mass is 10.2. The Labute approximate surface area is 114 Å². The molecule has 98 valence electrons. The first-order valence-corrected chi connectivity index (χ1v) is 7.81. The van der Waals surface area contributed by atoms with E-state index < -0.39 is 15.3 Å². The average molecular weight is 333 g/mol. The molecule has 1 aliphatic rings. The van der Waals surface area contributed by atoms with Crippen LogP contribution in [0.25, 0.3) is 0 Å². The first kappa shape index (κ1) is 13.5. The molecule has 18 heavy (non-hydrogen) atoms. The molecule has 1 heterocycles. The Bertz CT molecular complexity index is 573. The lowest BCUT2D eigenvalue weighted by Gasteiger charge is -2.17. The van der Waals surface area contributed by atoms with Gasteiger partial charge < -0.3 is 4.90 Å². The SMILES string of the molecule is NS(=O)(=O)C1CC(=O)N(Cc2ccccc2Br)C1. The van der Waals surface area contributed by atoms with Crippen LogP contribution in [-0.4, -0.2) is 31.0 Å². The number of amides is 1. The number of primary sulfonamides is 1. The molecule has 1 aromatic carbocycles. The number of carbonyl (C=O) groups excluding carboxylic acids is 1. The minimum Gasteiger partial charge on any atom is -0.337 e. The summed E-state index contributed by atoms with van der Waals surface area (Å²) in [6.07, 6.45) is -0.0245. The van der Waals surface area contributed by atoms with Gasteiger partial charge in [0.25, 0.3) is 0 Å². The Morgan fingerprint density at radius 1 is 1.39 bits per heavy atom. The Morgan fingerprint density at radius 3 is 2.61 bits per heavy atom. The smallest absolute Gasteiger partial charge is 0.224 e. The molecule has 1 aliphatic heterocycles. The molecule has 1 fully saturated rings. The number of sulfonamides is 1. The van der Waals surface area contributed by atoms with Crippen LogP contribution in [0.5, 0.6) is 0 Å². The maximum absolute atomic E-state index is 11.7. The Morgan fingerprint density at radius 2 is 2.06 bits per heavy atom. The zero-order chi connectivity index (χ0) is 13.3. The molecule has 0 aliphatic carbocycles. The molecule has 7 heteroatoms.